The summed E-state index contributed by atoms with van der Waals surface area (Å²) >= 11 is 0. The summed E-state index contributed by atoms with van der Waals surface area (Å²) in [7, 11) is 0. The normalized spacial score (nSPS) is 51.9. The summed E-state index contributed by atoms with van der Waals surface area (Å²) in [5, 5.41) is 408. The van der Waals surface area contributed by atoms with Crippen LogP contribution in [-0.4, -0.2) is 643 Å². The Hall–Kier alpha value is -3.42. The summed E-state index contributed by atoms with van der Waals surface area (Å²) in [5.74, 6) is -1.86. The van der Waals surface area contributed by atoms with E-state index in [1.165, 1.54) is 0 Å². The van der Waals surface area contributed by atoms with Gasteiger partial charge in [0.2, 0.25) is 11.8 Å². The SMILES string of the molecule is CC(=O)N[C@H]1[C@H](O[C@H]2[C@H](O)[C@@H](NC(C)=O)C(O)O[C@@H]2CO)O[C@H](CO)[C@@H](O[C@@H]2O[C@H](CO[C@H]3O[C@H](CO[C@H]4O[C@H](CO)[C@@H](O)[C@H](O)[C@@H]4O[C@H]4O[C@H](CO)[C@@H](O)[C@H](O)[C@@H]4O)[C@@H](O)[C@H](O[C@H]4O[C@H](CO)[C@@H](O)[C@H](O)[C@@H]4O[C@H]4O[C@H](CO)[C@@H](O)[C@H](O)[C@@H]4O)[C@@H]3O)[C@@H](O)[C@H](O[C@H]3O[C@H](CO)[C@@H](O)[C@H](O)[C@@H]3O[C@H]3O[C@H](CO)[C@@H](O)[C@H](O)[C@@H]3O[C@H]3O[C@H](CO)[C@@H](O)[C@H](O[C@H]4O[C@H](CO)[C@@H](O)[C@H](O)[C@H]4O)[C@@H]3O)[C@@H]2O)[C@@H]1O. The van der Waals surface area contributed by atoms with Crippen LogP contribution in [0.4, 0.5) is 0 Å². The van der Waals surface area contributed by atoms with Gasteiger partial charge in [-0.3, -0.25) is 9.59 Å². The van der Waals surface area contributed by atoms with Gasteiger partial charge < -0.3 is 303 Å². The molecule has 808 valence electrons. The van der Waals surface area contributed by atoms with E-state index < -0.39 is 459 Å². The Morgan fingerprint density at radius 3 is 0.734 bits per heavy atom. The van der Waals surface area contributed by atoms with Gasteiger partial charge in [0.25, 0.3) is 0 Å². The van der Waals surface area contributed by atoms with E-state index in [0.717, 1.165) is 13.8 Å². The standard InChI is InChI=1S/C76H128N2O61/c1-15(89)77-29-41(101)56(25(11-87)119-65(29)116)131-66-30(78-16(2)90)42(102)57(26(12-88)128-66)132-72-55(115)60(135-75-64(49(109)37(97)22(8-84)126-75)139-76-63(48(108)36(96)23(9-85)127-76)138-71-54(114)58(38(98)24(10-86)123-71)133-68-50(110)43(103)31(91)17(3-79)120-68)40(100)28(130-72)13-117-67-53(113)59(134-74-62(47(107)35(95)21(7-83)125-74)137-70-52(112)45(105)33(93)19(5-81)122-70)39(99)27(129-67)14-118-73-61(46(106)34(94)20(6-82)124-73)136-69-51(111)44(104)32(92)18(4-80)121-69/h17-76,79-88,91-116H,3-14H2,1-2H3,(H,77,89)(H,78,90)/t17-,18-,19-,20-,21-,22-,23-,24-,25-,26-,27-,28-,29-,30-,31-,32-,33-,34-,35-,36-,37-,38-,39-,40-,41-,42-,43+,44+,45+,46+,47+,48+,49+,50-,51+,52+,53+,54+,55+,56-,57-,58+,59+,60+,61+,62+,63+,64+,65?,66+,67+,68-,69-,70-,71-,72+,73+,74-,75-,76-/m1/s1. The van der Waals surface area contributed by atoms with Crippen molar-refractivity contribution < 1.29 is 302 Å². The molecule has 38 N–H and O–H groups in total. The zero-order valence-corrected chi connectivity index (χ0v) is 73.4. The maximum absolute atomic E-state index is 13.2. The van der Waals surface area contributed by atoms with E-state index in [2.05, 4.69) is 10.6 Å². The molecule has 0 aromatic heterocycles. The van der Waals surface area contributed by atoms with Crippen LogP contribution in [0.15, 0.2) is 0 Å². The third-order valence-electron chi connectivity index (χ3n) is 25.9. The van der Waals surface area contributed by atoms with Crippen molar-refractivity contribution in [2.24, 2.45) is 0 Å². The predicted octanol–water partition coefficient (Wildman–Crippen LogP) is -26.9. The first kappa shape index (κ1) is 114. The van der Waals surface area contributed by atoms with Gasteiger partial charge >= 0.3 is 0 Å². The summed E-state index contributed by atoms with van der Waals surface area (Å²) in [5.41, 5.74) is 0. The quantitative estimate of drug-likeness (QED) is 0.0277. The largest absolute Gasteiger partial charge is 0.394 e. The molecule has 60 atom stereocenters. The van der Waals surface area contributed by atoms with Crippen LogP contribution in [0, 0.1) is 0 Å². The van der Waals surface area contributed by atoms with Crippen molar-refractivity contribution in [1.29, 1.82) is 0 Å². The highest BCUT2D eigenvalue weighted by Gasteiger charge is 2.63. The second-order valence-corrected chi connectivity index (χ2v) is 35.2. The molecule has 0 radical (unpaired) electrons. The molecule has 63 heteroatoms. The van der Waals surface area contributed by atoms with Gasteiger partial charge in [-0.2, -0.15) is 0 Å². The Morgan fingerprint density at radius 1 is 0.187 bits per heavy atom. The van der Waals surface area contributed by atoms with Gasteiger partial charge in [-0.25, -0.2) is 0 Å². The average Bonchev–Trinajstić information content (AvgIpc) is 0.782. The molecule has 12 saturated heterocycles. The van der Waals surface area contributed by atoms with E-state index in [1.54, 1.807) is 0 Å². The molecule has 12 fully saturated rings. The highest BCUT2D eigenvalue weighted by Crippen LogP contribution is 2.43. The van der Waals surface area contributed by atoms with Crippen molar-refractivity contribution in [3.05, 3.63) is 0 Å². The first-order valence-corrected chi connectivity index (χ1v) is 44.2. The number of hydrogen-bond acceptors (Lipinski definition) is 61. The molecule has 139 heavy (non-hydrogen) atoms. The molecule has 12 heterocycles. The summed E-state index contributed by atoms with van der Waals surface area (Å²) in [6.45, 7) is -12.4. The van der Waals surface area contributed by atoms with E-state index in [0.29, 0.717) is 0 Å². The van der Waals surface area contributed by atoms with Crippen molar-refractivity contribution in [1.82, 2.24) is 10.6 Å². The number of aliphatic hydroxyl groups is 36. The fraction of sp³-hybridized carbons (Fsp3) is 0.974. The molecule has 0 aliphatic carbocycles. The molecular weight excluding hydrogens is 1920 g/mol. The number of aliphatic hydroxyl groups excluding tert-OH is 36. The minimum atomic E-state index is -2.75. The Morgan fingerprint density at radius 2 is 0.396 bits per heavy atom. The molecular formula is C76H128N2O61. The molecule has 63 nitrogen and oxygen atoms in total. The van der Waals surface area contributed by atoms with Gasteiger partial charge in [-0.05, 0) is 0 Å². The van der Waals surface area contributed by atoms with Gasteiger partial charge in [-0.15, -0.1) is 0 Å². The minimum absolute atomic E-state index is 0.840. The Bertz CT molecular complexity index is 3730. The van der Waals surface area contributed by atoms with Crippen LogP contribution < -0.4 is 10.6 Å². The van der Waals surface area contributed by atoms with Crippen LogP contribution in [0.2, 0.25) is 0 Å². The molecule has 12 aliphatic heterocycles. The second kappa shape index (κ2) is 49.8. The van der Waals surface area contributed by atoms with Crippen molar-refractivity contribution in [3.63, 3.8) is 0 Å². The molecule has 0 aromatic rings. The smallest absolute Gasteiger partial charge is 0.217 e. The molecule has 0 aromatic carbocycles. The van der Waals surface area contributed by atoms with Gasteiger partial charge in [0.15, 0.2) is 75.5 Å². The maximum Gasteiger partial charge on any atom is 0.217 e. The van der Waals surface area contributed by atoms with E-state index in [1.807, 2.05) is 0 Å². The summed E-state index contributed by atoms with van der Waals surface area (Å²) < 4.78 is 136. The minimum Gasteiger partial charge on any atom is -0.394 e. The number of amides is 2. The number of ether oxygens (including phenoxy) is 23. The summed E-state index contributed by atoms with van der Waals surface area (Å²) in [4.78, 5) is 25.5. The van der Waals surface area contributed by atoms with E-state index in [4.69, 9.17) is 109 Å². The zero-order chi connectivity index (χ0) is 102. The van der Waals surface area contributed by atoms with Gasteiger partial charge in [0, 0.05) is 13.8 Å². The van der Waals surface area contributed by atoms with E-state index >= 15 is 0 Å². The number of carbonyl (C=O) groups excluding carboxylic acids is 2. The number of hydrogen-bond donors (Lipinski definition) is 38. The first-order valence-electron chi connectivity index (χ1n) is 44.2. The lowest BCUT2D eigenvalue weighted by molar-refractivity contribution is -0.411. The monoisotopic (exact) mass is 2040 g/mol. The van der Waals surface area contributed by atoms with Crippen LogP contribution in [-0.2, 0) is 119 Å². The molecule has 1 unspecified atom stereocenters. The molecule has 12 rings (SSSR count). The lowest BCUT2D eigenvalue weighted by atomic mass is 9.94. The highest BCUT2D eigenvalue weighted by atomic mass is 16.8. The van der Waals surface area contributed by atoms with E-state index in [9.17, 15) is 193 Å². The van der Waals surface area contributed by atoms with Crippen molar-refractivity contribution in [2.45, 2.75) is 382 Å². The second-order valence-electron chi connectivity index (χ2n) is 35.2. The highest BCUT2D eigenvalue weighted by molar-refractivity contribution is 5.73. The fourth-order valence-corrected chi connectivity index (χ4v) is 17.9. The van der Waals surface area contributed by atoms with Crippen LogP contribution in [0.3, 0.4) is 0 Å². The molecule has 0 bridgehead atoms. The Balaban J connectivity index is 0.905. The fourth-order valence-electron chi connectivity index (χ4n) is 17.9. The summed E-state index contributed by atoms with van der Waals surface area (Å²) in [6, 6.07) is -3.77. The van der Waals surface area contributed by atoms with Crippen molar-refractivity contribution in [2.75, 3.05) is 79.3 Å². The predicted molar refractivity (Wildman–Crippen MR) is 418 cm³/mol. The molecule has 2 amide bonds. The third kappa shape index (κ3) is 24.5. The molecule has 0 spiro atoms. The maximum atomic E-state index is 13.2. The van der Waals surface area contributed by atoms with Crippen LogP contribution in [0.25, 0.3) is 0 Å². The number of carbonyl (C=O) groups is 2. The zero-order valence-electron chi connectivity index (χ0n) is 73.4. The molecule has 12 aliphatic rings. The Kier molecular flexibility index (Phi) is 41.0. The van der Waals surface area contributed by atoms with E-state index in [-0.39, 0.29) is 0 Å². The average molecular weight is 2050 g/mol. The van der Waals surface area contributed by atoms with Gasteiger partial charge in [0.1, 0.15) is 293 Å². The topological polar surface area (TPSA) is 999 Å². The lowest BCUT2D eigenvalue weighted by Crippen LogP contribution is -2.70. The summed E-state index contributed by atoms with van der Waals surface area (Å²) in [6.07, 6.45) is -130. The third-order valence-corrected chi connectivity index (χ3v) is 25.9. The van der Waals surface area contributed by atoms with Gasteiger partial charge in [0.05, 0.1) is 79.3 Å². The Labute approximate surface area is 784 Å². The molecule has 0 saturated carbocycles. The number of nitrogens with one attached hydrogen (secondary N) is 2. The first-order chi connectivity index (χ1) is 65.9. The van der Waals surface area contributed by atoms with Gasteiger partial charge in [-0.1, -0.05) is 0 Å². The van der Waals surface area contributed by atoms with Crippen molar-refractivity contribution in [3.8, 4) is 0 Å². The van der Waals surface area contributed by atoms with Crippen LogP contribution >= 0.6 is 0 Å². The van der Waals surface area contributed by atoms with Crippen molar-refractivity contribution >= 4 is 11.8 Å². The van der Waals surface area contributed by atoms with Crippen LogP contribution in [0.5, 0.6) is 0 Å². The number of rotatable bonds is 36. The lowest BCUT2D eigenvalue weighted by Gasteiger charge is -2.51. The van der Waals surface area contributed by atoms with Crippen LogP contribution in [0.1, 0.15) is 13.8 Å².